The molecule has 0 saturated heterocycles. The van der Waals surface area contributed by atoms with Crippen LogP contribution in [0, 0.1) is 0 Å². The van der Waals surface area contributed by atoms with Crippen molar-refractivity contribution in [3.05, 3.63) is 24.3 Å². The van der Waals surface area contributed by atoms with Crippen molar-refractivity contribution in [3.63, 3.8) is 0 Å². The summed E-state index contributed by atoms with van der Waals surface area (Å²) < 4.78 is 51.0. The summed E-state index contributed by atoms with van der Waals surface area (Å²) in [5.41, 5.74) is 0. The number of ether oxygens (including phenoxy) is 3. The van der Waals surface area contributed by atoms with Gasteiger partial charge in [-0.3, -0.25) is 0 Å². The third kappa shape index (κ3) is 4.02. The topological polar surface area (TPSA) is 27.7 Å². The summed E-state index contributed by atoms with van der Waals surface area (Å²) >= 11 is 3.48. The molecule has 0 amide bonds. The molecule has 1 aromatic rings. The quantitative estimate of drug-likeness (QED) is 0.750. The minimum absolute atomic E-state index is 0.0360. The molecular weight excluding hydrogens is 341 g/mol. The summed E-state index contributed by atoms with van der Waals surface area (Å²) in [6, 6.07) is 5.35. The van der Waals surface area contributed by atoms with Crippen LogP contribution in [0.2, 0.25) is 0 Å². The Bertz CT molecular complexity index is 435. The van der Waals surface area contributed by atoms with Crippen LogP contribution in [0.3, 0.4) is 0 Å². The first-order chi connectivity index (χ1) is 9.39. The Balaban J connectivity index is 1.91. The van der Waals surface area contributed by atoms with E-state index in [9.17, 15) is 13.2 Å². The van der Waals surface area contributed by atoms with Gasteiger partial charge in [0.1, 0.15) is 23.7 Å². The van der Waals surface area contributed by atoms with E-state index in [1.165, 1.54) is 24.3 Å². The Morgan fingerprint density at radius 2 is 1.80 bits per heavy atom. The van der Waals surface area contributed by atoms with Gasteiger partial charge in [0, 0.05) is 17.9 Å². The van der Waals surface area contributed by atoms with Gasteiger partial charge in [-0.2, -0.15) is 0 Å². The van der Waals surface area contributed by atoms with Crippen molar-refractivity contribution in [1.82, 2.24) is 0 Å². The number of alkyl halides is 4. The zero-order valence-electron chi connectivity index (χ0n) is 10.7. The Kier molecular flexibility index (Phi) is 4.80. The van der Waals surface area contributed by atoms with E-state index >= 15 is 0 Å². The van der Waals surface area contributed by atoms with Gasteiger partial charge in [-0.1, -0.05) is 15.9 Å². The molecule has 0 aliphatic heterocycles. The summed E-state index contributed by atoms with van der Waals surface area (Å²) in [4.78, 5) is 0.250. The molecule has 3 atom stereocenters. The van der Waals surface area contributed by atoms with Crippen LogP contribution in [-0.2, 0) is 4.74 Å². The number of rotatable bonds is 5. The summed E-state index contributed by atoms with van der Waals surface area (Å²) in [7, 11) is 0. The number of benzene rings is 1. The molecule has 0 spiro atoms. The average molecular weight is 355 g/mol. The lowest BCUT2D eigenvalue weighted by molar-refractivity contribution is -0.274. The second-order valence-corrected chi connectivity index (χ2v) is 5.52. The number of hydrogen-bond acceptors (Lipinski definition) is 3. The molecule has 1 aliphatic carbocycles. The van der Waals surface area contributed by atoms with Gasteiger partial charge in [0.15, 0.2) is 0 Å². The van der Waals surface area contributed by atoms with Crippen molar-refractivity contribution in [2.75, 3.05) is 6.61 Å². The van der Waals surface area contributed by atoms with E-state index in [0.717, 1.165) is 6.42 Å². The van der Waals surface area contributed by atoms with E-state index in [2.05, 4.69) is 20.7 Å². The summed E-state index contributed by atoms with van der Waals surface area (Å²) in [6.45, 7) is 2.49. The first-order valence-electron chi connectivity index (χ1n) is 6.17. The highest BCUT2D eigenvalue weighted by Gasteiger charge is 2.42. The minimum atomic E-state index is -4.68. The van der Waals surface area contributed by atoms with Crippen molar-refractivity contribution in [1.29, 1.82) is 0 Å². The fourth-order valence-corrected chi connectivity index (χ4v) is 2.80. The lowest BCUT2D eigenvalue weighted by Gasteiger charge is -2.40. The van der Waals surface area contributed by atoms with Gasteiger partial charge in [0.25, 0.3) is 0 Å². The molecule has 1 saturated carbocycles. The SMILES string of the molecule is CCOC1C(Br)CC1Oc1ccc(OC(F)(F)F)cc1. The lowest BCUT2D eigenvalue weighted by Crippen LogP contribution is -2.52. The molecule has 1 fully saturated rings. The van der Waals surface area contributed by atoms with Crippen LogP contribution >= 0.6 is 15.9 Å². The highest BCUT2D eigenvalue weighted by atomic mass is 79.9. The van der Waals surface area contributed by atoms with Crippen LogP contribution in [0.1, 0.15) is 13.3 Å². The van der Waals surface area contributed by atoms with Gasteiger partial charge in [0.2, 0.25) is 0 Å². The predicted octanol–water partition coefficient (Wildman–Crippen LogP) is 3.90. The monoisotopic (exact) mass is 354 g/mol. The maximum Gasteiger partial charge on any atom is 0.573 e. The smallest absolute Gasteiger partial charge is 0.488 e. The average Bonchev–Trinajstić information content (AvgIpc) is 2.36. The Labute approximate surface area is 123 Å². The second kappa shape index (κ2) is 6.22. The molecular formula is C13H14BrF3O3. The van der Waals surface area contributed by atoms with Crippen LogP contribution in [0.15, 0.2) is 24.3 Å². The van der Waals surface area contributed by atoms with E-state index in [0.29, 0.717) is 12.4 Å². The largest absolute Gasteiger partial charge is 0.573 e. The fourth-order valence-electron chi connectivity index (χ4n) is 1.94. The molecule has 7 heteroatoms. The van der Waals surface area contributed by atoms with Gasteiger partial charge < -0.3 is 14.2 Å². The predicted molar refractivity (Wildman–Crippen MR) is 70.3 cm³/mol. The zero-order chi connectivity index (χ0) is 14.8. The molecule has 1 aromatic carbocycles. The Hall–Kier alpha value is -0.950. The van der Waals surface area contributed by atoms with Crippen molar-refractivity contribution in [2.24, 2.45) is 0 Å². The first kappa shape index (κ1) is 15.4. The van der Waals surface area contributed by atoms with E-state index in [1.54, 1.807) is 0 Å². The summed E-state index contributed by atoms with van der Waals surface area (Å²) in [6.07, 6.45) is -4.01. The van der Waals surface area contributed by atoms with Gasteiger partial charge in [-0.15, -0.1) is 13.2 Å². The van der Waals surface area contributed by atoms with Crippen LogP contribution in [0.5, 0.6) is 11.5 Å². The first-order valence-corrected chi connectivity index (χ1v) is 7.08. The van der Waals surface area contributed by atoms with Crippen molar-refractivity contribution in [2.45, 2.75) is 36.7 Å². The molecule has 1 aliphatic rings. The van der Waals surface area contributed by atoms with Crippen LogP contribution in [-0.4, -0.2) is 30.0 Å². The van der Waals surface area contributed by atoms with Gasteiger partial charge in [-0.05, 0) is 31.2 Å². The molecule has 0 aromatic heterocycles. The van der Waals surface area contributed by atoms with E-state index in [-0.39, 0.29) is 22.8 Å². The van der Waals surface area contributed by atoms with Crippen LogP contribution < -0.4 is 9.47 Å². The van der Waals surface area contributed by atoms with Crippen molar-refractivity contribution in [3.8, 4) is 11.5 Å². The molecule has 20 heavy (non-hydrogen) atoms. The minimum Gasteiger partial charge on any atom is -0.488 e. The molecule has 2 rings (SSSR count). The van der Waals surface area contributed by atoms with E-state index in [1.807, 2.05) is 6.92 Å². The van der Waals surface area contributed by atoms with E-state index in [4.69, 9.17) is 9.47 Å². The van der Waals surface area contributed by atoms with Crippen LogP contribution in [0.25, 0.3) is 0 Å². The maximum absolute atomic E-state index is 12.0. The molecule has 3 unspecified atom stereocenters. The molecule has 0 bridgehead atoms. The second-order valence-electron chi connectivity index (χ2n) is 4.35. The van der Waals surface area contributed by atoms with Crippen LogP contribution in [0.4, 0.5) is 13.2 Å². The van der Waals surface area contributed by atoms with Crippen molar-refractivity contribution < 1.29 is 27.4 Å². The number of hydrogen-bond donors (Lipinski definition) is 0. The highest BCUT2D eigenvalue weighted by molar-refractivity contribution is 9.09. The lowest BCUT2D eigenvalue weighted by atomic mass is 9.91. The Morgan fingerprint density at radius 3 is 2.30 bits per heavy atom. The summed E-state index contributed by atoms with van der Waals surface area (Å²) in [5, 5.41) is 0. The van der Waals surface area contributed by atoms with E-state index < -0.39 is 6.36 Å². The molecule has 112 valence electrons. The van der Waals surface area contributed by atoms with Gasteiger partial charge in [0.05, 0.1) is 0 Å². The fraction of sp³-hybridized carbons (Fsp3) is 0.538. The molecule has 0 heterocycles. The van der Waals surface area contributed by atoms with Gasteiger partial charge >= 0.3 is 6.36 Å². The third-order valence-corrected chi connectivity index (χ3v) is 3.78. The Morgan fingerprint density at radius 1 is 1.20 bits per heavy atom. The normalized spacial score (nSPS) is 25.9. The van der Waals surface area contributed by atoms with Crippen molar-refractivity contribution >= 4 is 15.9 Å². The van der Waals surface area contributed by atoms with Gasteiger partial charge in [-0.25, -0.2) is 0 Å². The highest BCUT2D eigenvalue weighted by Crippen LogP contribution is 2.34. The maximum atomic E-state index is 12.0. The molecule has 0 radical (unpaired) electrons. The zero-order valence-corrected chi connectivity index (χ0v) is 12.3. The number of halogens is 4. The standard InChI is InChI=1S/C13H14BrF3O3/c1-2-18-12-10(14)7-11(12)19-8-3-5-9(6-4-8)20-13(15,16)17/h3-6,10-12H,2,7H2,1H3. The molecule has 3 nitrogen and oxygen atoms in total. The third-order valence-electron chi connectivity index (χ3n) is 2.88. The summed E-state index contributed by atoms with van der Waals surface area (Å²) in [5.74, 6) is 0.229. The molecule has 0 N–H and O–H groups in total.